The normalized spacial score (nSPS) is 26.0. The number of carbonyl (C=O) groups excluding carboxylic acids is 1. The SMILES string of the molecule is CC1SC2=C(C(c3ccc(/C=C/CCN)cc3)=N[C@@H](CC(=O)OC(C)(C)C)C(N)N2C(C)N)C1C. The van der Waals surface area contributed by atoms with E-state index in [2.05, 4.69) is 50.3 Å². The summed E-state index contributed by atoms with van der Waals surface area (Å²) in [7, 11) is 0. The lowest BCUT2D eigenvalue weighted by Crippen LogP contribution is -2.54. The minimum Gasteiger partial charge on any atom is -0.460 e. The molecular formula is C27H41N5O2S. The topological polar surface area (TPSA) is 120 Å². The summed E-state index contributed by atoms with van der Waals surface area (Å²) in [6.07, 6.45) is 4.20. The molecule has 0 amide bonds. The molecule has 2 aliphatic heterocycles. The molecule has 0 aliphatic carbocycles. The van der Waals surface area contributed by atoms with Crippen LogP contribution in [0.15, 0.2) is 45.9 Å². The van der Waals surface area contributed by atoms with Crippen LogP contribution in [0.3, 0.4) is 0 Å². The molecule has 6 N–H and O–H groups in total. The zero-order valence-electron chi connectivity index (χ0n) is 21.8. The van der Waals surface area contributed by atoms with E-state index in [4.69, 9.17) is 26.9 Å². The van der Waals surface area contributed by atoms with Crippen LogP contribution in [-0.2, 0) is 9.53 Å². The summed E-state index contributed by atoms with van der Waals surface area (Å²) < 4.78 is 5.61. The van der Waals surface area contributed by atoms with Crippen molar-refractivity contribution < 1.29 is 9.53 Å². The molecule has 1 aromatic carbocycles. The highest BCUT2D eigenvalue weighted by Gasteiger charge is 2.42. The second kappa shape index (κ2) is 11.3. The molecule has 0 saturated heterocycles. The molecule has 1 aromatic rings. The fraction of sp³-hybridized carbons (Fsp3) is 0.556. The van der Waals surface area contributed by atoms with E-state index >= 15 is 0 Å². The second-order valence-electron chi connectivity index (χ2n) is 10.4. The number of esters is 1. The number of nitrogens with zero attached hydrogens (tertiary/aromatic N) is 2. The first-order valence-electron chi connectivity index (χ1n) is 12.4. The summed E-state index contributed by atoms with van der Waals surface area (Å²) in [5, 5.41) is 1.42. The van der Waals surface area contributed by atoms with Crippen molar-refractivity contribution in [3.63, 3.8) is 0 Å². The van der Waals surface area contributed by atoms with Gasteiger partial charge < -0.3 is 26.8 Å². The quantitative estimate of drug-likeness (QED) is 0.488. The van der Waals surface area contributed by atoms with E-state index in [1.807, 2.05) is 32.6 Å². The number of aliphatic imine (C=N–C) groups is 1. The van der Waals surface area contributed by atoms with Gasteiger partial charge >= 0.3 is 5.97 Å². The average molecular weight is 500 g/mol. The van der Waals surface area contributed by atoms with Gasteiger partial charge in [-0.1, -0.05) is 50.3 Å². The number of nitrogens with two attached hydrogens (primary N) is 3. The van der Waals surface area contributed by atoms with Gasteiger partial charge in [-0.05, 0) is 52.1 Å². The molecule has 2 heterocycles. The van der Waals surface area contributed by atoms with Gasteiger partial charge in [0.15, 0.2) is 0 Å². The van der Waals surface area contributed by atoms with E-state index in [1.54, 1.807) is 11.8 Å². The van der Waals surface area contributed by atoms with Gasteiger partial charge in [0.1, 0.15) is 11.8 Å². The molecule has 0 radical (unpaired) electrons. The van der Waals surface area contributed by atoms with Crippen LogP contribution >= 0.6 is 11.8 Å². The number of allylic oxidation sites excluding steroid dienone is 1. The van der Waals surface area contributed by atoms with Crippen molar-refractivity contribution in [1.29, 1.82) is 0 Å². The fourth-order valence-electron chi connectivity index (χ4n) is 4.40. The summed E-state index contributed by atoms with van der Waals surface area (Å²) in [4.78, 5) is 20.0. The Morgan fingerprint density at radius 2 is 1.91 bits per heavy atom. The first-order chi connectivity index (χ1) is 16.4. The summed E-state index contributed by atoms with van der Waals surface area (Å²) in [5.41, 5.74) is 22.4. The molecule has 2 aliphatic rings. The van der Waals surface area contributed by atoms with Gasteiger partial charge in [-0.3, -0.25) is 9.79 Å². The Morgan fingerprint density at radius 1 is 1.26 bits per heavy atom. The third-order valence-corrected chi connectivity index (χ3v) is 7.68. The number of benzene rings is 1. The Morgan fingerprint density at radius 3 is 2.49 bits per heavy atom. The van der Waals surface area contributed by atoms with E-state index in [1.165, 1.54) is 0 Å². The smallest absolute Gasteiger partial charge is 0.308 e. The number of carbonyl (C=O) groups is 1. The molecule has 7 nitrogen and oxygen atoms in total. The molecule has 0 fully saturated rings. The maximum atomic E-state index is 12.8. The highest BCUT2D eigenvalue weighted by molar-refractivity contribution is 8.03. The monoisotopic (exact) mass is 499 g/mol. The van der Waals surface area contributed by atoms with Gasteiger partial charge in [-0.15, -0.1) is 11.8 Å². The van der Waals surface area contributed by atoms with Crippen molar-refractivity contribution in [1.82, 2.24) is 4.90 Å². The summed E-state index contributed by atoms with van der Waals surface area (Å²) in [5.74, 6) is -0.0613. The molecule has 192 valence electrons. The highest BCUT2D eigenvalue weighted by Crippen LogP contribution is 2.47. The lowest BCUT2D eigenvalue weighted by atomic mass is 9.90. The van der Waals surface area contributed by atoms with Crippen LogP contribution < -0.4 is 17.2 Å². The van der Waals surface area contributed by atoms with Gasteiger partial charge in [0, 0.05) is 16.4 Å². The Hall–Kier alpha value is -2.13. The molecule has 4 unspecified atom stereocenters. The van der Waals surface area contributed by atoms with Crippen LogP contribution in [0.4, 0.5) is 0 Å². The molecule has 0 bridgehead atoms. The number of ether oxygens (including phenoxy) is 1. The van der Waals surface area contributed by atoms with Crippen molar-refractivity contribution in [3.8, 4) is 0 Å². The van der Waals surface area contributed by atoms with Crippen LogP contribution in [0.5, 0.6) is 0 Å². The predicted molar refractivity (Wildman–Crippen MR) is 147 cm³/mol. The number of rotatable bonds is 7. The first kappa shape index (κ1) is 27.5. The minimum absolute atomic E-state index is 0.0836. The van der Waals surface area contributed by atoms with Crippen LogP contribution in [0, 0.1) is 5.92 Å². The lowest BCUT2D eigenvalue weighted by Gasteiger charge is -2.37. The molecule has 0 aromatic heterocycles. The predicted octanol–water partition coefficient (Wildman–Crippen LogP) is 3.83. The molecule has 5 atom stereocenters. The van der Waals surface area contributed by atoms with Gasteiger partial charge in [0.25, 0.3) is 0 Å². The standard InChI is InChI=1S/C27H41N5O2S/c1-16-17(2)35-26-23(16)24(20-12-10-19(11-13-20)9-7-8-14-28)31-21(25(30)32(26)18(3)29)15-22(33)34-27(4,5)6/h7,9-13,16-18,21,25H,8,14-15,28-30H2,1-6H3/b9-7+/t16?,17?,18?,21-,25?/m0/s1. The van der Waals surface area contributed by atoms with Gasteiger partial charge in [0.05, 0.1) is 29.4 Å². The largest absolute Gasteiger partial charge is 0.460 e. The lowest BCUT2D eigenvalue weighted by molar-refractivity contribution is -0.155. The van der Waals surface area contributed by atoms with Crippen molar-refractivity contribution in [2.45, 2.75) is 83.6 Å². The molecule has 3 rings (SSSR count). The Bertz CT molecular complexity index is 994. The molecule has 0 spiro atoms. The van der Waals surface area contributed by atoms with Crippen LogP contribution in [0.2, 0.25) is 0 Å². The Kier molecular flexibility index (Phi) is 8.86. The zero-order valence-corrected chi connectivity index (χ0v) is 22.6. The molecule has 35 heavy (non-hydrogen) atoms. The van der Waals surface area contributed by atoms with E-state index in [0.29, 0.717) is 11.8 Å². The minimum atomic E-state index is -0.577. The number of hydrogen-bond donors (Lipinski definition) is 3. The summed E-state index contributed by atoms with van der Waals surface area (Å²) >= 11 is 1.78. The van der Waals surface area contributed by atoms with Gasteiger partial charge in [-0.25, -0.2) is 0 Å². The Balaban J connectivity index is 2.07. The van der Waals surface area contributed by atoms with E-state index in [-0.39, 0.29) is 24.5 Å². The molecular weight excluding hydrogens is 458 g/mol. The second-order valence-corrected chi connectivity index (χ2v) is 11.8. The van der Waals surface area contributed by atoms with Crippen molar-refractivity contribution >= 4 is 29.5 Å². The van der Waals surface area contributed by atoms with E-state index < -0.39 is 17.8 Å². The maximum Gasteiger partial charge on any atom is 0.308 e. The third kappa shape index (κ3) is 6.55. The summed E-state index contributed by atoms with van der Waals surface area (Å²) in [6.45, 7) is 12.6. The van der Waals surface area contributed by atoms with Crippen LogP contribution in [0.25, 0.3) is 6.08 Å². The molecule has 0 saturated carbocycles. The fourth-order valence-corrected chi connectivity index (χ4v) is 5.91. The average Bonchev–Trinajstić information content (AvgIpc) is 2.97. The van der Waals surface area contributed by atoms with Crippen LogP contribution in [-0.4, -0.2) is 52.4 Å². The third-order valence-electron chi connectivity index (χ3n) is 6.25. The van der Waals surface area contributed by atoms with Crippen molar-refractivity contribution in [3.05, 3.63) is 52.1 Å². The summed E-state index contributed by atoms with van der Waals surface area (Å²) in [6, 6.07) is 7.84. The van der Waals surface area contributed by atoms with Gasteiger partial charge in [0.2, 0.25) is 0 Å². The van der Waals surface area contributed by atoms with E-state index in [0.717, 1.165) is 33.9 Å². The Labute approximate surface area is 214 Å². The highest BCUT2D eigenvalue weighted by atomic mass is 32.2. The number of thioether (sulfide) groups is 1. The van der Waals surface area contributed by atoms with Crippen molar-refractivity contribution in [2.75, 3.05) is 6.54 Å². The van der Waals surface area contributed by atoms with Crippen LogP contribution in [0.1, 0.15) is 65.5 Å². The maximum absolute atomic E-state index is 12.8. The first-order valence-corrected chi connectivity index (χ1v) is 13.3. The zero-order chi connectivity index (χ0) is 25.9. The molecule has 8 heteroatoms. The number of hydrogen-bond acceptors (Lipinski definition) is 8. The van der Waals surface area contributed by atoms with E-state index in [9.17, 15) is 4.79 Å². The van der Waals surface area contributed by atoms with Crippen molar-refractivity contribution in [2.24, 2.45) is 28.1 Å². The van der Waals surface area contributed by atoms with Gasteiger partial charge in [-0.2, -0.15) is 0 Å².